The number of hydrogen-bond acceptors (Lipinski definition) is 3. The van der Waals surface area contributed by atoms with Gasteiger partial charge in [0.1, 0.15) is 6.10 Å². The molecule has 1 atom stereocenters. The minimum atomic E-state index is -1.36. The van der Waals surface area contributed by atoms with Crippen molar-refractivity contribution in [3.05, 3.63) is 34.9 Å². The van der Waals surface area contributed by atoms with Gasteiger partial charge in [-0.2, -0.15) is 0 Å². The molecule has 0 aromatic heterocycles. The summed E-state index contributed by atoms with van der Waals surface area (Å²) in [4.78, 5) is 22.2. The first-order valence-electron chi connectivity index (χ1n) is 5.24. The molecule has 0 aliphatic carbocycles. The van der Waals surface area contributed by atoms with E-state index in [1.54, 1.807) is 12.1 Å². The summed E-state index contributed by atoms with van der Waals surface area (Å²) in [5, 5.41) is 11.6. The van der Waals surface area contributed by atoms with E-state index in [1.807, 2.05) is 19.9 Å². The van der Waals surface area contributed by atoms with Crippen molar-refractivity contribution in [1.82, 2.24) is 5.32 Å². The van der Waals surface area contributed by atoms with Crippen LogP contribution in [0.5, 0.6) is 0 Å². The molecule has 0 fully saturated rings. The first-order valence-corrected chi connectivity index (χ1v) is 5.24. The first kappa shape index (κ1) is 13.2. The van der Waals surface area contributed by atoms with Crippen molar-refractivity contribution in [2.24, 2.45) is 5.73 Å². The zero-order valence-electron chi connectivity index (χ0n) is 9.86. The van der Waals surface area contributed by atoms with Gasteiger partial charge < -0.3 is 16.2 Å². The normalized spacial score (nSPS) is 11.9. The Balaban J connectivity index is 2.64. The number of rotatable bonds is 4. The predicted molar refractivity (Wildman–Crippen MR) is 63.5 cm³/mol. The van der Waals surface area contributed by atoms with E-state index in [0.29, 0.717) is 5.56 Å². The van der Waals surface area contributed by atoms with Crippen molar-refractivity contribution in [3.8, 4) is 0 Å². The Morgan fingerprint density at radius 1 is 1.35 bits per heavy atom. The molecule has 0 spiro atoms. The van der Waals surface area contributed by atoms with Gasteiger partial charge in [0.15, 0.2) is 0 Å². The summed E-state index contributed by atoms with van der Waals surface area (Å²) in [6.45, 7) is 3.68. The van der Waals surface area contributed by atoms with Crippen LogP contribution >= 0.6 is 0 Å². The largest absolute Gasteiger partial charge is 0.381 e. The predicted octanol–water partition coefficient (Wildman–Crippen LogP) is -0.121. The van der Waals surface area contributed by atoms with Gasteiger partial charge >= 0.3 is 0 Å². The first-order chi connectivity index (χ1) is 7.91. The van der Waals surface area contributed by atoms with Gasteiger partial charge in [-0.25, -0.2) is 0 Å². The zero-order valence-corrected chi connectivity index (χ0v) is 9.86. The van der Waals surface area contributed by atoms with Crippen LogP contribution in [-0.2, 0) is 4.79 Å². The average molecular weight is 236 g/mol. The molecular weight excluding hydrogens is 220 g/mol. The number of primary amides is 1. The maximum atomic E-state index is 11.7. The lowest BCUT2D eigenvalue weighted by Crippen LogP contribution is -2.39. The number of nitrogens with one attached hydrogen (secondary N) is 1. The van der Waals surface area contributed by atoms with E-state index in [1.165, 1.54) is 0 Å². The number of carbonyl (C=O) groups is 2. The van der Waals surface area contributed by atoms with Crippen LogP contribution in [0.15, 0.2) is 18.2 Å². The molecule has 5 heteroatoms. The van der Waals surface area contributed by atoms with Crippen molar-refractivity contribution in [1.29, 1.82) is 0 Å². The van der Waals surface area contributed by atoms with Crippen molar-refractivity contribution in [2.75, 3.05) is 6.54 Å². The monoisotopic (exact) mass is 236 g/mol. The van der Waals surface area contributed by atoms with E-state index >= 15 is 0 Å². The fourth-order valence-corrected chi connectivity index (χ4v) is 1.27. The second kappa shape index (κ2) is 5.45. The third-order valence-corrected chi connectivity index (χ3v) is 2.55. The van der Waals surface area contributed by atoms with E-state index in [4.69, 9.17) is 10.8 Å². The number of benzene rings is 1. The summed E-state index contributed by atoms with van der Waals surface area (Å²) < 4.78 is 0. The van der Waals surface area contributed by atoms with Gasteiger partial charge in [-0.15, -0.1) is 0 Å². The van der Waals surface area contributed by atoms with Crippen LogP contribution in [0.4, 0.5) is 0 Å². The molecule has 5 nitrogen and oxygen atoms in total. The van der Waals surface area contributed by atoms with Crippen LogP contribution in [0.2, 0.25) is 0 Å². The SMILES string of the molecule is Cc1ccc(C(=O)NCC(O)C(N)=O)cc1C. The summed E-state index contributed by atoms with van der Waals surface area (Å²) >= 11 is 0. The number of aryl methyl sites for hydroxylation is 2. The second-order valence-corrected chi connectivity index (χ2v) is 3.93. The molecule has 2 amide bonds. The molecule has 4 N–H and O–H groups in total. The van der Waals surface area contributed by atoms with Crippen molar-refractivity contribution < 1.29 is 14.7 Å². The molecule has 0 saturated carbocycles. The number of aliphatic hydroxyl groups is 1. The van der Waals surface area contributed by atoms with Gasteiger partial charge in [-0.3, -0.25) is 9.59 Å². The quantitative estimate of drug-likeness (QED) is 0.680. The number of amides is 2. The Labute approximate surface area is 99.6 Å². The van der Waals surface area contributed by atoms with Crippen LogP contribution in [0.1, 0.15) is 21.5 Å². The molecule has 0 heterocycles. The summed E-state index contributed by atoms with van der Waals surface area (Å²) in [5.41, 5.74) is 7.46. The number of nitrogens with two attached hydrogens (primary N) is 1. The van der Waals surface area contributed by atoms with Gasteiger partial charge in [0.05, 0.1) is 6.54 Å². The summed E-state index contributed by atoms with van der Waals surface area (Å²) in [7, 11) is 0. The Morgan fingerprint density at radius 3 is 2.53 bits per heavy atom. The maximum absolute atomic E-state index is 11.7. The van der Waals surface area contributed by atoms with Gasteiger partial charge in [-0.1, -0.05) is 6.07 Å². The molecule has 1 rings (SSSR count). The van der Waals surface area contributed by atoms with Crippen molar-refractivity contribution >= 4 is 11.8 Å². The van der Waals surface area contributed by atoms with E-state index in [2.05, 4.69) is 5.32 Å². The second-order valence-electron chi connectivity index (χ2n) is 3.93. The minimum Gasteiger partial charge on any atom is -0.381 e. The standard InChI is InChI=1S/C12H16N2O3/c1-7-3-4-9(5-8(7)2)12(17)14-6-10(15)11(13)16/h3-5,10,15H,6H2,1-2H3,(H2,13,16)(H,14,17). The summed E-state index contributed by atoms with van der Waals surface area (Å²) in [6.07, 6.45) is -1.36. The molecule has 0 radical (unpaired) electrons. The van der Waals surface area contributed by atoms with Crippen molar-refractivity contribution in [3.63, 3.8) is 0 Å². The third kappa shape index (κ3) is 3.57. The van der Waals surface area contributed by atoms with E-state index in [-0.39, 0.29) is 12.5 Å². The van der Waals surface area contributed by atoms with Gasteiger partial charge in [0, 0.05) is 5.56 Å². The topological polar surface area (TPSA) is 92.4 Å². The minimum absolute atomic E-state index is 0.179. The zero-order chi connectivity index (χ0) is 13.0. The molecule has 0 aliphatic rings. The molecule has 0 aliphatic heterocycles. The fourth-order valence-electron chi connectivity index (χ4n) is 1.27. The Kier molecular flexibility index (Phi) is 4.23. The maximum Gasteiger partial charge on any atom is 0.251 e. The lowest BCUT2D eigenvalue weighted by Gasteiger charge is -2.09. The van der Waals surface area contributed by atoms with Gasteiger partial charge in [-0.05, 0) is 37.1 Å². The Morgan fingerprint density at radius 2 is 2.00 bits per heavy atom. The number of aliphatic hydroxyl groups excluding tert-OH is 1. The highest BCUT2D eigenvalue weighted by molar-refractivity contribution is 5.94. The van der Waals surface area contributed by atoms with Crippen LogP contribution in [0.25, 0.3) is 0 Å². The van der Waals surface area contributed by atoms with Crippen LogP contribution in [0.3, 0.4) is 0 Å². The lowest BCUT2D eigenvalue weighted by molar-refractivity contribution is -0.125. The summed E-state index contributed by atoms with van der Waals surface area (Å²) in [5.74, 6) is -1.20. The Bertz CT molecular complexity index is 443. The fraction of sp³-hybridized carbons (Fsp3) is 0.333. The van der Waals surface area contributed by atoms with Crippen LogP contribution in [-0.4, -0.2) is 29.6 Å². The summed E-state index contributed by atoms with van der Waals surface area (Å²) in [6, 6.07) is 5.28. The number of carbonyl (C=O) groups excluding carboxylic acids is 2. The molecule has 1 aromatic rings. The smallest absolute Gasteiger partial charge is 0.251 e. The van der Waals surface area contributed by atoms with Crippen LogP contribution in [0, 0.1) is 13.8 Å². The molecule has 0 saturated heterocycles. The van der Waals surface area contributed by atoms with E-state index in [0.717, 1.165) is 11.1 Å². The molecule has 92 valence electrons. The average Bonchev–Trinajstić information content (AvgIpc) is 2.28. The Hall–Kier alpha value is -1.88. The van der Waals surface area contributed by atoms with Gasteiger partial charge in [0.25, 0.3) is 5.91 Å². The lowest BCUT2D eigenvalue weighted by atomic mass is 10.1. The van der Waals surface area contributed by atoms with E-state index in [9.17, 15) is 9.59 Å². The molecular formula is C12H16N2O3. The number of hydrogen-bond donors (Lipinski definition) is 3. The van der Waals surface area contributed by atoms with Gasteiger partial charge in [0.2, 0.25) is 5.91 Å². The van der Waals surface area contributed by atoms with E-state index < -0.39 is 12.0 Å². The molecule has 1 aromatic carbocycles. The molecule has 1 unspecified atom stereocenters. The van der Waals surface area contributed by atoms with Crippen molar-refractivity contribution in [2.45, 2.75) is 20.0 Å². The molecule has 17 heavy (non-hydrogen) atoms. The highest BCUT2D eigenvalue weighted by Crippen LogP contribution is 2.09. The highest BCUT2D eigenvalue weighted by atomic mass is 16.3. The molecule has 0 bridgehead atoms. The van der Waals surface area contributed by atoms with Crippen LogP contribution < -0.4 is 11.1 Å². The highest BCUT2D eigenvalue weighted by Gasteiger charge is 2.13. The third-order valence-electron chi connectivity index (χ3n) is 2.55.